The number of anilines is 1. The number of thiazole rings is 1. The SMILES string of the molecule is COC(=O)c1sc(N2CCN(CC(C)(C)O)CC2C)nc1Cl. The van der Waals surface area contributed by atoms with Gasteiger partial charge in [-0.15, -0.1) is 0 Å². The Balaban J connectivity index is 2.07. The molecule has 1 aromatic heterocycles. The van der Waals surface area contributed by atoms with Gasteiger partial charge >= 0.3 is 5.97 Å². The van der Waals surface area contributed by atoms with Crippen LogP contribution in [0.5, 0.6) is 0 Å². The van der Waals surface area contributed by atoms with Gasteiger partial charge in [0.15, 0.2) is 15.2 Å². The van der Waals surface area contributed by atoms with E-state index < -0.39 is 11.6 Å². The van der Waals surface area contributed by atoms with E-state index in [-0.39, 0.29) is 11.2 Å². The first-order valence-corrected chi connectivity index (χ1v) is 8.36. The number of ether oxygens (including phenoxy) is 1. The molecule has 0 radical (unpaired) electrons. The highest BCUT2D eigenvalue weighted by Crippen LogP contribution is 2.32. The van der Waals surface area contributed by atoms with Crippen molar-refractivity contribution in [3.63, 3.8) is 0 Å². The van der Waals surface area contributed by atoms with Crippen molar-refractivity contribution in [2.45, 2.75) is 32.4 Å². The van der Waals surface area contributed by atoms with Gasteiger partial charge in [-0.25, -0.2) is 9.78 Å². The van der Waals surface area contributed by atoms with E-state index in [1.165, 1.54) is 18.4 Å². The van der Waals surface area contributed by atoms with E-state index in [0.29, 0.717) is 11.4 Å². The Morgan fingerprint density at radius 3 is 2.77 bits per heavy atom. The van der Waals surface area contributed by atoms with Crippen LogP contribution in [0.1, 0.15) is 30.4 Å². The summed E-state index contributed by atoms with van der Waals surface area (Å²) in [5.74, 6) is -0.456. The first-order valence-electron chi connectivity index (χ1n) is 7.17. The Hall–Kier alpha value is -0.890. The molecule has 8 heteroatoms. The maximum atomic E-state index is 11.6. The Morgan fingerprint density at radius 1 is 1.55 bits per heavy atom. The largest absolute Gasteiger partial charge is 0.465 e. The Kier molecular flexibility index (Phi) is 5.32. The molecule has 22 heavy (non-hydrogen) atoms. The summed E-state index contributed by atoms with van der Waals surface area (Å²) < 4.78 is 4.71. The van der Waals surface area contributed by atoms with Crippen LogP contribution in [0.3, 0.4) is 0 Å². The van der Waals surface area contributed by atoms with Gasteiger partial charge in [-0.05, 0) is 20.8 Å². The lowest BCUT2D eigenvalue weighted by Gasteiger charge is -2.41. The second-order valence-electron chi connectivity index (χ2n) is 6.20. The molecule has 0 aliphatic carbocycles. The van der Waals surface area contributed by atoms with Crippen LogP contribution in [-0.2, 0) is 4.74 Å². The van der Waals surface area contributed by atoms with Crippen molar-refractivity contribution in [3.8, 4) is 0 Å². The highest BCUT2D eigenvalue weighted by atomic mass is 35.5. The van der Waals surface area contributed by atoms with Gasteiger partial charge in [0, 0.05) is 32.2 Å². The van der Waals surface area contributed by atoms with Crippen LogP contribution in [-0.4, -0.2) is 65.9 Å². The molecular weight excluding hydrogens is 326 g/mol. The fourth-order valence-corrected chi connectivity index (χ4v) is 3.97. The predicted molar refractivity (Wildman–Crippen MR) is 88.0 cm³/mol. The van der Waals surface area contributed by atoms with Crippen molar-refractivity contribution in [1.29, 1.82) is 0 Å². The summed E-state index contributed by atoms with van der Waals surface area (Å²) in [6.07, 6.45) is 0. The molecule has 2 rings (SSSR count). The van der Waals surface area contributed by atoms with E-state index in [4.69, 9.17) is 16.3 Å². The highest BCUT2D eigenvalue weighted by Gasteiger charge is 2.30. The normalized spacial score (nSPS) is 20.3. The fourth-order valence-electron chi connectivity index (χ4n) is 2.64. The van der Waals surface area contributed by atoms with Crippen LogP contribution >= 0.6 is 22.9 Å². The quantitative estimate of drug-likeness (QED) is 0.839. The third kappa shape index (κ3) is 4.10. The average molecular weight is 348 g/mol. The summed E-state index contributed by atoms with van der Waals surface area (Å²) in [5.41, 5.74) is -0.704. The predicted octanol–water partition coefficient (Wildman–Crippen LogP) is 1.86. The van der Waals surface area contributed by atoms with Crippen molar-refractivity contribution >= 4 is 34.0 Å². The number of carbonyl (C=O) groups is 1. The van der Waals surface area contributed by atoms with Crippen LogP contribution in [0.2, 0.25) is 5.15 Å². The number of aromatic nitrogens is 1. The molecule has 1 N–H and O–H groups in total. The summed E-state index contributed by atoms with van der Waals surface area (Å²) in [5, 5.41) is 10.9. The van der Waals surface area contributed by atoms with E-state index in [1.54, 1.807) is 0 Å². The van der Waals surface area contributed by atoms with Crippen LogP contribution in [0.15, 0.2) is 0 Å². The number of hydrogen-bond acceptors (Lipinski definition) is 7. The molecule has 1 aliphatic rings. The first kappa shape index (κ1) is 17.5. The molecule has 2 heterocycles. The minimum atomic E-state index is -0.704. The van der Waals surface area contributed by atoms with Crippen molar-refractivity contribution in [2.75, 3.05) is 38.2 Å². The summed E-state index contributed by atoms with van der Waals surface area (Å²) >= 11 is 7.29. The van der Waals surface area contributed by atoms with Crippen molar-refractivity contribution in [2.24, 2.45) is 0 Å². The van der Waals surface area contributed by atoms with Gasteiger partial charge in [-0.1, -0.05) is 22.9 Å². The lowest BCUT2D eigenvalue weighted by atomic mass is 10.1. The van der Waals surface area contributed by atoms with Gasteiger partial charge in [0.25, 0.3) is 0 Å². The number of esters is 1. The van der Waals surface area contributed by atoms with E-state index >= 15 is 0 Å². The number of halogens is 1. The molecule has 6 nitrogen and oxygen atoms in total. The zero-order valence-corrected chi connectivity index (χ0v) is 14.9. The number of hydrogen-bond donors (Lipinski definition) is 1. The maximum absolute atomic E-state index is 11.6. The minimum absolute atomic E-state index is 0.193. The second kappa shape index (κ2) is 6.70. The monoisotopic (exact) mass is 347 g/mol. The molecule has 1 aliphatic heterocycles. The molecule has 0 spiro atoms. The molecule has 124 valence electrons. The third-order valence-electron chi connectivity index (χ3n) is 3.51. The second-order valence-corrected chi connectivity index (χ2v) is 7.53. The van der Waals surface area contributed by atoms with Gasteiger partial charge in [0.05, 0.1) is 12.7 Å². The van der Waals surface area contributed by atoms with Crippen molar-refractivity contribution < 1.29 is 14.6 Å². The number of rotatable bonds is 4. The molecule has 1 saturated heterocycles. The van der Waals surface area contributed by atoms with Gasteiger partial charge in [-0.2, -0.15) is 0 Å². The van der Waals surface area contributed by atoms with Crippen LogP contribution in [0.25, 0.3) is 0 Å². The van der Waals surface area contributed by atoms with Crippen LogP contribution in [0, 0.1) is 0 Å². The molecular formula is C14H22ClN3O3S. The molecule has 1 aromatic rings. The molecule has 0 bridgehead atoms. The zero-order chi connectivity index (χ0) is 16.5. The average Bonchev–Trinajstić information content (AvgIpc) is 2.78. The maximum Gasteiger partial charge on any atom is 0.351 e. The van der Waals surface area contributed by atoms with E-state index in [9.17, 15) is 9.90 Å². The highest BCUT2D eigenvalue weighted by molar-refractivity contribution is 7.18. The summed E-state index contributed by atoms with van der Waals surface area (Å²) in [6, 6.07) is 0.226. The Labute approximate surface area is 139 Å². The smallest absolute Gasteiger partial charge is 0.351 e. The molecule has 0 saturated carbocycles. The Bertz CT molecular complexity index is 544. The number of piperazine rings is 1. The number of β-amino-alcohol motifs (C(OH)–C–C–N with tert-alkyl or cyclic N) is 1. The number of carbonyl (C=O) groups excluding carboxylic acids is 1. The van der Waals surface area contributed by atoms with Gasteiger partial charge < -0.3 is 14.7 Å². The lowest BCUT2D eigenvalue weighted by molar-refractivity contribution is 0.0308. The molecule has 1 fully saturated rings. The summed E-state index contributed by atoms with van der Waals surface area (Å²) in [6.45, 7) is 8.80. The lowest BCUT2D eigenvalue weighted by Crippen LogP contribution is -2.54. The van der Waals surface area contributed by atoms with Crippen molar-refractivity contribution in [1.82, 2.24) is 9.88 Å². The number of nitrogens with zero attached hydrogens (tertiary/aromatic N) is 3. The minimum Gasteiger partial charge on any atom is -0.465 e. The third-order valence-corrected chi connectivity index (χ3v) is 4.97. The fraction of sp³-hybridized carbons (Fsp3) is 0.714. The molecule has 0 aromatic carbocycles. The molecule has 0 amide bonds. The van der Waals surface area contributed by atoms with Crippen LogP contribution in [0.4, 0.5) is 5.13 Å². The zero-order valence-electron chi connectivity index (χ0n) is 13.3. The first-order chi connectivity index (χ1) is 10.2. The molecule has 1 unspecified atom stereocenters. The van der Waals surface area contributed by atoms with E-state index in [2.05, 4.69) is 21.7 Å². The Morgan fingerprint density at radius 2 is 2.23 bits per heavy atom. The standard InChI is InChI=1S/C14H22ClN3O3S/c1-9-7-17(8-14(2,3)20)5-6-18(9)13-16-11(15)10(22-13)12(19)21-4/h9,20H,5-8H2,1-4H3. The van der Waals surface area contributed by atoms with Crippen molar-refractivity contribution in [3.05, 3.63) is 10.0 Å². The van der Waals surface area contributed by atoms with Gasteiger partial charge in [0.1, 0.15) is 0 Å². The van der Waals surface area contributed by atoms with E-state index in [0.717, 1.165) is 24.8 Å². The van der Waals surface area contributed by atoms with Gasteiger partial charge in [-0.3, -0.25) is 4.90 Å². The molecule has 1 atom stereocenters. The van der Waals surface area contributed by atoms with Crippen LogP contribution < -0.4 is 4.90 Å². The summed E-state index contributed by atoms with van der Waals surface area (Å²) in [4.78, 5) is 20.6. The van der Waals surface area contributed by atoms with Gasteiger partial charge in [0.2, 0.25) is 0 Å². The van der Waals surface area contributed by atoms with E-state index in [1.807, 2.05) is 13.8 Å². The number of methoxy groups -OCH3 is 1. The number of aliphatic hydroxyl groups is 1. The summed E-state index contributed by atoms with van der Waals surface area (Å²) in [7, 11) is 1.33. The topological polar surface area (TPSA) is 65.9 Å².